The van der Waals surface area contributed by atoms with E-state index in [1.54, 1.807) is 45.0 Å². The fourth-order valence-corrected chi connectivity index (χ4v) is 2.35. The molecule has 28 heavy (non-hydrogen) atoms. The molecule has 1 unspecified atom stereocenters. The van der Waals surface area contributed by atoms with Crippen molar-refractivity contribution in [2.45, 2.75) is 26.9 Å². The van der Waals surface area contributed by atoms with Gasteiger partial charge in [0.2, 0.25) is 11.7 Å². The molecule has 2 aromatic carbocycles. The Balaban J connectivity index is 2.13. The monoisotopic (exact) mass is 386 g/mol. The van der Waals surface area contributed by atoms with Crippen molar-refractivity contribution in [3.05, 3.63) is 58.1 Å². The molecule has 2 aromatic rings. The van der Waals surface area contributed by atoms with Gasteiger partial charge in [0.05, 0.1) is 18.1 Å². The highest BCUT2D eigenvalue weighted by Crippen LogP contribution is 2.32. The fourth-order valence-electron chi connectivity index (χ4n) is 2.35. The predicted octanol–water partition coefficient (Wildman–Crippen LogP) is 3.85. The van der Waals surface area contributed by atoms with Crippen molar-refractivity contribution in [1.82, 2.24) is 0 Å². The standard InChI is InChI=1S/C20H22N2O6/c1-12(2)20(24)21-15-7-5-14(6-8-15)19(23)13(3)28-18-11-16(22(25)26)9-10-17(18)27-4/h5-13H,1-4H3,(H,21,24). The van der Waals surface area contributed by atoms with E-state index < -0.39 is 11.0 Å². The topological polar surface area (TPSA) is 108 Å². The van der Waals surface area contributed by atoms with Gasteiger partial charge >= 0.3 is 0 Å². The van der Waals surface area contributed by atoms with Crippen LogP contribution in [-0.4, -0.2) is 29.8 Å². The number of ketones is 1. The van der Waals surface area contributed by atoms with Crippen molar-refractivity contribution in [2.75, 3.05) is 12.4 Å². The molecule has 1 N–H and O–H groups in total. The predicted molar refractivity (Wildman–Crippen MR) is 104 cm³/mol. The number of nitrogens with zero attached hydrogens (tertiary/aromatic N) is 1. The number of amides is 1. The molecule has 0 bridgehead atoms. The first-order chi connectivity index (χ1) is 13.2. The Morgan fingerprint density at radius 1 is 1.04 bits per heavy atom. The van der Waals surface area contributed by atoms with E-state index in [-0.39, 0.29) is 34.8 Å². The summed E-state index contributed by atoms with van der Waals surface area (Å²) < 4.78 is 10.8. The van der Waals surface area contributed by atoms with E-state index in [0.29, 0.717) is 11.3 Å². The summed E-state index contributed by atoms with van der Waals surface area (Å²) in [6, 6.07) is 10.4. The van der Waals surface area contributed by atoms with Gasteiger partial charge in [-0.2, -0.15) is 0 Å². The molecule has 8 nitrogen and oxygen atoms in total. The van der Waals surface area contributed by atoms with Crippen LogP contribution in [0.4, 0.5) is 11.4 Å². The van der Waals surface area contributed by atoms with Crippen LogP contribution in [0.25, 0.3) is 0 Å². The summed E-state index contributed by atoms with van der Waals surface area (Å²) in [5.41, 5.74) is 0.810. The maximum absolute atomic E-state index is 12.6. The quantitative estimate of drug-likeness (QED) is 0.419. The molecular weight excluding hydrogens is 364 g/mol. The highest BCUT2D eigenvalue weighted by molar-refractivity contribution is 6.00. The second kappa shape index (κ2) is 8.98. The van der Waals surface area contributed by atoms with Gasteiger partial charge in [-0.15, -0.1) is 0 Å². The molecule has 0 aliphatic heterocycles. The number of non-ortho nitro benzene ring substituents is 1. The molecule has 0 aromatic heterocycles. The van der Waals surface area contributed by atoms with E-state index in [0.717, 1.165) is 0 Å². The van der Waals surface area contributed by atoms with Crippen LogP contribution in [0, 0.1) is 16.0 Å². The molecule has 0 saturated carbocycles. The average Bonchev–Trinajstić information content (AvgIpc) is 2.67. The first kappa shape index (κ1) is 20.9. The van der Waals surface area contributed by atoms with Crippen molar-refractivity contribution in [3.8, 4) is 11.5 Å². The minimum atomic E-state index is -0.896. The van der Waals surface area contributed by atoms with Crippen LogP contribution in [0.15, 0.2) is 42.5 Å². The Morgan fingerprint density at radius 2 is 1.68 bits per heavy atom. The van der Waals surface area contributed by atoms with Crippen molar-refractivity contribution in [1.29, 1.82) is 0 Å². The van der Waals surface area contributed by atoms with Crippen LogP contribution in [0.2, 0.25) is 0 Å². The van der Waals surface area contributed by atoms with Gasteiger partial charge in [-0.25, -0.2) is 0 Å². The summed E-state index contributed by atoms with van der Waals surface area (Å²) >= 11 is 0. The maximum Gasteiger partial charge on any atom is 0.273 e. The largest absolute Gasteiger partial charge is 0.493 e. The number of Topliss-reactive ketones (excluding diaryl/α,β-unsaturated/α-hetero) is 1. The van der Waals surface area contributed by atoms with Gasteiger partial charge < -0.3 is 14.8 Å². The summed E-state index contributed by atoms with van der Waals surface area (Å²) in [6.45, 7) is 5.12. The number of nitro groups is 1. The van der Waals surface area contributed by atoms with Crippen LogP contribution in [0.3, 0.4) is 0 Å². The van der Waals surface area contributed by atoms with Gasteiger partial charge in [0.25, 0.3) is 5.69 Å². The zero-order valence-corrected chi connectivity index (χ0v) is 16.1. The van der Waals surface area contributed by atoms with E-state index in [2.05, 4.69) is 5.32 Å². The second-order valence-electron chi connectivity index (χ2n) is 6.44. The van der Waals surface area contributed by atoms with Crippen LogP contribution in [0.1, 0.15) is 31.1 Å². The van der Waals surface area contributed by atoms with E-state index in [4.69, 9.17) is 9.47 Å². The van der Waals surface area contributed by atoms with Crippen LogP contribution in [-0.2, 0) is 4.79 Å². The number of nitro benzene ring substituents is 1. The van der Waals surface area contributed by atoms with Crippen molar-refractivity contribution in [2.24, 2.45) is 5.92 Å². The summed E-state index contributed by atoms with van der Waals surface area (Å²) in [5, 5.41) is 13.7. The lowest BCUT2D eigenvalue weighted by molar-refractivity contribution is -0.385. The third kappa shape index (κ3) is 5.06. The van der Waals surface area contributed by atoms with E-state index >= 15 is 0 Å². The lowest BCUT2D eigenvalue weighted by Crippen LogP contribution is -2.24. The third-order valence-electron chi connectivity index (χ3n) is 3.99. The Bertz CT molecular complexity index is 877. The highest BCUT2D eigenvalue weighted by atomic mass is 16.6. The number of carbonyl (C=O) groups excluding carboxylic acids is 2. The molecular formula is C20H22N2O6. The van der Waals surface area contributed by atoms with Gasteiger partial charge in [0.15, 0.2) is 17.6 Å². The SMILES string of the molecule is COc1ccc([N+](=O)[O-])cc1OC(C)C(=O)c1ccc(NC(=O)C(C)C)cc1. The van der Waals surface area contributed by atoms with Gasteiger partial charge in [-0.1, -0.05) is 13.8 Å². The van der Waals surface area contributed by atoms with Crippen molar-refractivity contribution >= 4 is 23.1 Å². The molecule has 2 rings (SSSR count). The molecule has 0 spiro atoms. The molecule has 1 amide bonds. The van der Waals surface area contributed by atoms with Crippen molar-refractivity contribution in [3.63, 3.8) is 0 Å². The molecule has 0 aliphatic carbocycles. The smallest absolute Gasteiger partial charge is 0.273 e. The minimum Gasteiger partial charge on any atom is -0.493 e. The zero-order chi connectivity index (χ0) is 20.8. The highest BCUT2D eigenvalue weighted by Gasteiger charge is 2.21. The number of benzene rings is 2. The molecule has 0 saturated heterocycles. The number of ether oxygens (including phenoxy) is 2. The van der Waals surface area contributed by atoms with Crippen LogP contribution < -0.4 is 14.8 Å². The number of methoxy groups -OCH3 is 1. The van der Waals surface area contributed by atoms with Gasteiger partial charge in [0.1, 0.15) is 0 Å². The van der Waals surface area contributed by atoms with E-state index in [9.17, 15) is 19.7 Å². The fraction of sp³-hybridized carbons (Fsp3) is 0.300. The Morgan fingerprint density at radius 3 is 2.21 bits per heavy atom. The van der Waals surface area contributed by atoms with Crippen LogP contribution >= 0.6 is 0 Å². The first-order valence-electron chi connectivity index (χ1n) is 8.67. The molecule has 8 heteroatoms. The Labute approximate surface area is 162 Å². The molecule has 0 fully saturated rings. The number of hydrogen-bond acceptors (Lipinski definition) is 6. The Hall–Kier alpha value is -3.42. The van der Waals surface area contributed by atoms with Crippen LogP contribution in [0.5, 0.6) is 11.5 Å². The third-order valence-corrected chi connectivity index (χ3v) is 3.99. The minimum absolute atomic E-state index is 0.110. The normalized spacial score (nSPS) is 11.6. The molecule has 0 radical (unpaired) electrons. The number of carbonyl (C=O) groups is 2. The zero-order valence-electron chi connectivity index (χ0n) is 16.1. The maximum atomic E-state index is 12.6. The number of rotatable bonds is 8. The molecule has 148 valence electrons. The van der Waals surface area contributed by atoms with Gasteiger partial charge in [-0.3, -0.25) is 19.7 Å². The summed E-state index contributed by atoms with van der Waals surface area (Å²) in [5.74, 6) is -0.182. The van der Waals surface area contributed by atoms with Crippen molar-refractivity contribution < 1.29 is 24.0 Å². The average molecular weight is 386 g/mol. The molecule has 0 aliphatic rings. The lowest BCUT2D eigenvalue weighted by atomic mass is 10.1. The summed E-state index contributed by atoms with van der Waals surface area (Å²) in [7, 11) is 1.41. The Kier molecular flexibility index (Phi) is 6.70. The molecule has 0 heterocycles. The number of nitrogens with one attached hydrogen (secondary N) is 1. The number of anilines is 1. The van der Waals surface area contributed by atoms with E-state index in [1.807, 2.05) is 0 Å². The van der Waals surface area contributed by atoms with E-state index in [1.165, 1.54) is 25.3 Å². The van der Waals surface area contributed by atoms with Gasteiger partial charge in [0, 0.05) is 23.2 Å². The lowest BCUT2D eigenvalue weighted by Gasteiger charge is -2.16. The summed E-state index contributed by atoms with van der Waals surface area (Å²) in [4.78, 5) is 34.7. The first-order valence-corrected chi connectivity index (χ1v) is 8.67. The second-order valence-corrected chi connectivity index (χ2v) is 6.44. The number of hydrogen-bond donors (Lipinski definition) is 1. The van der Waals surface area contributed by atoms with Gasteiger partial charge in [-0.05, 0) is 37.3 Å². The molecule has 1 atom stereocenters. The summed E-state index contributed by atoms with van der Waals surface area (Å²) in [6.07, 6.45) is -0.896.